The molecule has 0 saturated carbocycles. The highest BCUT2D eigenvalue weighted by molar-refractivity contribution is 5.26. The number of hydrogen-bond acceptors (Lipinski definition) is 1. The molecule has 0 rings (SSSR count). The van der Waals surface area contributed by atoms with E-state index in [4.69, 9.17) is 5.26 Å². The lowest BCUT2D eigenvalue weighted by Crippen LogP contribution is -1.88. The molecule has 0 amide bonds. The Balaban J connectivity index is 4.12. The van der Waals surface area contributed by atoms with Gasteiger partial charge in [-0.05, 0) is 31.4 Å². The van der Waals surface area contributed by atoms with E-state index < -0.39 is 0 Å². The minimum atomic E-state index is -0.306. The monoisotopic (exact) mass is 181 g/mol. The largest absolute Gasteiger partial charge is 0.207 e. The van der Waals surface area contributed by atoms with Crippen molar-refractivity contribution in [3.8, 4) is 6.07 Å². The minimum absolute atomic E-state index is 0.306. The standard InChI is InChI=1S/C11H16FN/c1-4-9(2)5-6-11(12)7-10(3)8-13/h6-7,9H,4-5H2,1-3H3/b10-7+,11-6+. The van der Waals surface area contributed by atoms with Crippen LogP contribution in [0.25, 0.3) is 0 Å². The van der Waals surface area contributed by atoms with Crippen molar-refractivity contribution in [1.82, 2.24) is 0 Å². The van der Waals surface area contributed by atoms with Gasteiger partial charge in [-0.25, -0.2) is 4.39 Å². The number of hydrogen-bond donors (Lipinski definition) is 0. The molecule has 72 valence electrons. The Hall–Kier alpha value is -1.10. The van der Waals surface area contributed by atoms with Crippen molar-refractivity contribution < 1.29 is 4.39 Å². The summed E-state index contributed by atoms with van der Waals surface area (Å²) in [5, 5.41) is 8.40. The molecule has 0 aliphatic rings. The summed E-state index contributed by atoms with van der Waals surface area (Å²) < 4.78 is 13.0. The molecule has 0 heterocycles. The second-order valence-electron chi connectivity index (χ2n) is 3.28. The third kappa shape index (κ3) is 6.10. The Morgan fingerprint density at radius 2 is 2.23 bits per heavy atom. The molecule has 0 fully saturated rings. The minimum Gasteiger partial charge on any atom is -0.207 e. The molecular weight excluding hydrogens is 165 g/mol. The first-order valence-electron chi connectivity index (χ1n) is 4.54. The fourth-order valence-corrected chi connectivity index (χ4v) is 0.778. The first kappa shape index (κ1) is 11.9. The van der Waals surface area contributed by atoms with Crippen molar-refractivity contribution in [2.24, 2.45) is 5.92 Å². The predicted molar refractivity (Wildman–Crippen MR) is 52.6 cm³/mol. The van der Waals surface area contributed by atoms with Crippen LogP contribution in [-0.2, 0) is 0 Å². The Morgan fingerprint density at radius 3 is 2.69 bits per heavy atom. The lowest BCUT2D eigenvalue weighted by atomic mass is 10.0. The smallest absolute Gasteiger partial charge is 0.120 e. The van der Waals surface area contributed by atoms with Crippen molar-refractivity contribution in [3.05, 3.63) is 23.6 Å². The molecular formula is C11H16FN. The average Bonchev–Trinajstić information content (AvgIpc) is 2.13. The van der Waals surface area contributed by atoms with Gasteiger partial charge in [-0.2, -0.15) is 5.26 Å². The maximum Gasteiger partial charge on any atom is 0.120 e. The van der Waals surface area contributed by atoms with Crippen molar-refractivity contribution in [3.63, 3.8) is 0 Å². The highest BCUT2D eigenvalue weighted by atomic mass is 19.1. The van der Waals surface area contributed by atoms with Crippen molar-refractivity contribution in [2.75, 3.05) is 0 Å². The molecule has 2 heteroatoms. The van der Waals surface area contributed by atoms with E-state index >= 15 is 0 Å². The number of halogens is 1. The highest BCUT2D eigenvalue weighted by Gasteiger charge is 1.97. The number of nitriles is 1. The third-order valence-corrected chi connectivity index (χ3v) is 1.94. The molecule has 1 unspecified atom stereocenters. The van der Waals surface area contributed by atoms with Gasteiger partial charge in [-0.15, -0.1) is 0 Å². The lowest BCUT2D eigenvalue weighted by molar-refractivity contribution is 0.559. The van der Waals surface area contributed by atoms with E-state index in [0.29, 0.717) is 11.5 Å². The van der Waals surface area contributed by atoms with Gasteiger partial charge in [-0.1, -0.05) is 20.3 Å². The molecule has 0 aliphatic carbocycles. The number of nitrogens with zero attached hydrogens (tertiary/aromatic N) is 1. The van der Waals surface area contributed by atoms with Crippen LogP contribution in [0.1, 0.15) is 33.6 Å². The SMILES string of the molecule is CCC(C)C/C=C(F)\C=C(/C)C#N. The van der Waals surface area contributed by atoms with Crippen molar-refractivity contribution in [1.29, 1.82) is 5.26 Å². The van der Waals surface area contributed by atoms with Gasteiger partial charge in [-0.3, -0.25) is 0 Å². The Kier molecular flexibility index (Phi) is 5.88. The molecule has 0 N–H and O–H groups in total. The van der Waals surface area contributed by atoms with E-state index in [9.17, 15) is 4.39 Å². The zero-order chi connectivity index (χ0) is 10.3. The zero-order valence-electron chi connectivity index (χ0n) is 8.47. The van der Waals surface area contributed by atoms with Crippen LogP contribution < -0.4 is 0 Å². The van der Waals surface area contributed by atoms with E-state index in [-0.39, 0.29) is 5.83 Å². The van der Waals surface area contributed by atoms with Crippen molar-refractivity contribution >= 4 is 0 Å². The average molecular weight is 181 g/mol. The summed E-state index contributed by atoms with van der Waals surface area (Å²) in [7, 11) is 0. The Bertz CT molecular complexity index is 245. The van der Waals surface area contributed by atoms with Gasteiger partial charge in [0.15, 0.2) is 0 Å². The summed E-state index contributed by atoms with van der Waals surface area (Å²) in [6.07, 6.45) is 4.58. The Labute approximate surface area is 79.6 Å². The molecule has 0 bridgehead atoms. The van der Waals surface area contributed by atoms with Crippen LogP contribution in [-0.4, -0.2) is 0 Å². The maximum atomic E-state index is 13.0. The van der Waals surface area contributed by atoms with Crippen LogP contribution in [0.3, 0.4) is 0 Å². The first-order chi connectivity index (χ1) is 6.10. The van der Waals surface area contributed by atoms with Crippen molar-refractivity contribution in [2.45, 2.75) is 33.6 Å². The van der Waals surface area contributed by atoms with Gasteiger partial charge < -0.3 is 0 Å². The predicted octanol–water partition coefficient (Wildman–Crippen LogP) is 3.75. The molecule has 1 atom stereocenters. The van der Waals surface area contributed by atoms with E-state index in [1.165, 1.54) is 12.2 Å². The second kappa shape index (κ2) is 6.42. The zero-order valence-corrected chi connectivity index (χ0v) is 8.47. The van der Waals surface area contributed by atoms with Crippen LogP contribution >= 0.6 is 0 Å². The summed E-state index contributed by atoms with van der Waals surface area (Å²) in [5.74, 6) is 0.195. The summed E-state index contributed by atoms with van der Waals surface area (Å²) in [5.41, 5.74) is 0.401. The summed E-state index contributed by atoms with van der Waals surface area (Å²) >= 11 is 0. The second-order valence-corrected chi connectivity index (χ2v) is 3.28. The summed E-state index contributed by atoms with van der Waals surface area (Å²) in [6, 6.07) is 1.88. The van der Waals surface area contributed by atoms with Gasteiger partial charge in [0, 0.05) is 5.57 Å². The molecule has 0 saturated heterocycles. The third-order valence-electron chi connectivity index (χ3n) is 1.94. The molecule has 0 aliphatic heterocycles. The van der Waals surface area contributed by atoms with Crippen LogP contribution in [0.5, 0.6) is 0 Å². The fraction of sp³-hybridized carbons (Fsp3) is 0.545. The van der Waals surface area contributed by atoms with Crippen LogP contribution in [0.2, 0.25) is 0 Å². The quantitative estimate of drug-likeness (QED) is 0.478. The van der Waals surface area contributed by atoms with Gasteiger partial charge in [0.2, 0.25) is 0 Å². The topological polar surface area (TPSA) is 23.8 Å². The van der Waals surface area contributed by atoms with Gasteiger partial charge in [0.1, 0.15) is 5.83 Å². The van der Waals surface area contributed by atoms with Crippen LogP contribution in [0.4, 0.5) is 4.39 Å². The molecule has 0 aromatic rings. The molecule has 0 aromatic carbocycles. The van der Waals surface area contributed by atoms with E-state index in [1.54, 1.807) is 6.92 Å². The molecule has 0 radical (unpaired) electrons. The Morgan fingerprint density at radius 1 is 1.62 bits per heavy atom. The molecule has 1 nitrogen and oxygen atoms in total. The lowest BCUT2D eigenvalue weighted by Gasteiger charge is -2.02. The van der Waals surface area contributed by atoms with E-state index in [1.807, 2.05) is 6.07 Å². The first-order valence-corrected chi connectivity index (χ1v) is 4.54. The summed E-state index contributed by atoms with van der Waals surface area (Å²) in [4.78, 5) is 0. The highest BCUT2D eigenvalue weighted by Crippen LogP contribution is 2.11. The summed E-state index contributed by atoms with van der Waals surface area (Å²) in [6.45, 7) is 5.74. The number of allylic oxidation sites excluding steroid dienone is 4. The van der Waals surface area contributed by atoms with Gasteiger partial charge in [0.25, 0.3) is 0 Å². The van der Waals surface area contributed by atoms with Crippen LogP contribution in [0.15, 0.2) is 23.6 Å². The fourth-order valence-electron chi connectivity index (χ4n) is 0.778. The molecule has 0 aromatic heterocycles. The number of rotatable bonds is 4. The van der Waals surface area contributed by atoms with E-state index in [0.717, 1.165) is 12.8 Å². The van der Waals surface area contributed by atoms with E-state index in [2.05, 4.69) is 13.8 Å². The molecule has 13 heavy (non-hydrogen) atoms. The maximum absolute atomic E-state index is 13.0. The van der Waals surface area contributed by atoms with Crippen LogP contribution in [0, 0.1) is 17.2 Å². The van der Waals surface area contributed by atoms with Gasteiger partial charge in [0.05, 0.1) is 6.07 Å². The van der Waals surface area contributed by atoms with Gasteiger partial charge >= 0.3 is 0 Å². The molecule has 0 spiro atoms. The normalized spacial score (nSPS) is 15.3.